The molecule has 6 heteroatoms. The van der Waals surface area contributed by atoms with Gasteiger partial charge in [-0.15, -0.1) is 0 Å². The van der Waals surface area contributed by atoms with Crippen molar-refractivity contribution in [3.8, 4) is 0 Å². The van der Waals surface area contributed by atoms with Gasteiger partial charge in [0, 0.05) is 23.3 Å². The molecule has 0 radical (unpaired) electrons. The molecule has 2 N–H and O–H groups in total. The minimum atomic E-state index is -1.07. The number of carbonyl (C=O) groups is 1. The zero-order valence-corrected chi connectivity index (χ0v) is 14.2. The quantitative estimate of drug-likeness (QED) is 0.892. The molecule has 0 unspecified atom stereocenters. The molecule has 0 aromatic heterocycles. The van der Waals surface area contributed by atoms with Crippen LogP contribution in [-0.2, 0) is 6.54 Å². The van der Waals surface area contributed by atoms with Gasteiger partial charge < -0.3 is 10.0 Å². The number of anilines is 1. The van der Waals surface area contributed by atoms with E-state index in [1.807, 2.05) is 13.0 Å². The van der Waals surface area contributed by atoms with Crippen LogP contribution in [0.4, 0.5) is 10.5 Å². The first-order chi connectivity index (χ1) is 10.4. The third kappa shape index (κ3) is 4.35. The van der Waals surface area contributed by atoms with E-state index < -0.39 is 6.09 Å². The lowest BCUT2D eigenvalue weighted by atomic mass is 10.0. The number of nitrogens with one attached hydrogen (secondary N) is 1. The molecule has 22 heavy (non-hydrogen) atoms. The summed E-state index contributed by atoms with van der Waals surface area (Å²) in [5.41, 5.74) is 2.63. The van der Waals surface area contributed by atoms with Crippen molar-refractivity contribution < 1.29 is 9.90 Å². The maximum atomic E-state index is 10.8. The number of hydrogen-bond acceptors (Lipinski definition) is 3. The summed E-state index contributed by atoms with van der Waals surface area (Å²) in [5.74, 6) is 0. The molecule has 0 saturated carbocycles. The minimum absolute atomic E-state index is 0.529. The zero-order valence-electron chi connectivity index (χ0n) is 13.4. The Balaban J connectivity index is 2.06. The predicted molar refractivity (Wildman–Crippen MR) is 89.8 cm³/mol. The lowest BCUT2D eigenvalue weighted by Crippen LogP contribution is -2.41. The number of hydrogen-bond donors (Lipinski definition) is 2. The number of amides is 1. The van der Waals surface area contributed by atoms with Crippen LogP contribution in [0.5, 0.6) is 0 Å². The van der Waals surface area contributed by atoms with Gasteiger partial charge in [-0.25, -0.2) is 4.79 Å². The van der Waals surface area contributed by atoms with E-state index in [4.69, 9.17) is 16.7 Å². The number of nitrogens with zero attached hydrogens (tertiary/aromatic N) is 2. The SMILES string of the molecule is Cc1c(Cl)cc(NC(=O)O)cc1CN1CCC(N(C)C)CC1. The second-order valence-corrected chi connectivity index (χ2v) is 6.55. The largest absolute Gasteiger partial charge is 0.465 e. The maximum absolute atomic E-state index is 10.8. The van der Waals surface area contributed by atoms with E-state index in [0.717, 1.165) is 43.6 Å². The average molecular weight is 326 g/mol. The van der Waals surface area contributed by atoms with Crippen molar-refractivity contribution in [2.45, 2.75) is 32.4 Å². The molecule has 1 aromatic carbocycles. The van der Waals surface area contributed by atoms with Gasteiger partial charge in [0.25, 0.3) is 0 Å². The van der Waals surface area contributed by atoms with Gasteiger partial charge in [0.05, 0.1) is 0 Å². The summed E-state index contributed by atoms with van der Waals surface area (Å²) in [7, 11) is 4.26. The smallest absolute Gasteiger partial charge is 0.409 e. The highest BCUT2D eigenvalue weighted by Gasteiger charge is 2.21. The molecule has 0 bridgehead atoms. The standard InChI is InChI=1S/C16H24ClN3O2/c1-11-12(8-13(9-15(11)17)18-16(21)22)10-20-6-4-14(5-7-20)19(2)3/h8-9,14,18H,4-7,10H2,1-3H3,(H,21,22). The molecular formula is C16H24ClN3O2. The van der Waals surface area contributed by atoms with Gasteiger partial charge in [-0.05, 0) is 70.2 Å². The normalized spacial score (nSPS) is 17.0. The Labute approximate surface area is 136 Å². The maximum Gasteiger partial charge on any atom is 0.409 e. The topological polar surface area (TPSA) is 55.8 Å². The molecular weight excluding hydrogens is 302 g/mol. The first kappa shape index (κ1) is 17.1. The third-order valence-electron chi connectivity index (χ3n) is 4.38. The van der Waals surface area contributed by atoms with Crippen molar-refractivity contribution in [2.75, 3.05) is 32.5 Å². The third-order valence-corrected chi connectivity index (χ3v) is 4.78. The lowest BCUT2D eigenvalue weighted by molar-refractivity contribution is 0.140. The molecule has 0 atom stereocenters. The molecule has 122 valence electrons. The monoisotopic (exact) mass is 325 g/mol. The van der Waals surface area contributed by atoms with Crippen LogP contribution in [0, 0.1) is 6.92 Å². The highest BCUT2D eigenvalue weighted by molar-refractivity contribution is 6.31. The van der Waals surface area contributed by atoms with Crippen LogP contribution < -0.4 is 5.32 Å². The van der Waals surface area contributed by atoms with Crippen molar-refractivity contribution in [1.82, 2.24) is 9.80 Å². The first-order valence-electron chi connectivity index (χ1n) is 7.54. The van der Waals surface area contributed by atoms with E-state index in [0.29, 0.717) is 16.8 Å². The Kier molecular flexibility index (Phi) is 5.67. The Morgan fingerprint density at radius 2 is 2.05 bits per heavy atom. The van der Waals surface area contributed by atoms with Gasteiger partial charge in [-0.3, -0.25) is 10.2 Å². The number of likely N-dealkylation sites (tertiary alicyclic amines) is 1. The van der Waals surface area contributed by atoms with Crippen LogP contribution in [0.25, 0.3) is 0 Å². The first-order valence-corrected chi connectivity index (χ1v) is 7.92. The van der Waals surface area contributed by atoms with Gasteiger partial charge in [-0.2, -0.15) is 0 Å². The summed E-state index contributed by atoms with van der Waals surface area (Å²) in [5, 5.41) is 11.8. The van der Waals surface area contributed by atoms with E-state index >= 15 is 0 Å². The number of carboxylic acid groups (broad SMARTS) is 1. The van der Waals surface area contributed by atoms with Crippen molar-refractivity contribution in [1.29, 1.82) is 0 Å². The average Bonchev–Trinajstić information content (AvgIpc) is 2.44. The molecule has 1 aliphatic rings. The molecule has 1 amide bonds. The number of benzene rings is 1. The number of rotatable bonds is 4. The highest BCUT2D eigenvalue weighted by atomic mass is 35.5. The highest BCUT2D eigenvalue weighted by Crippen LogP contribution is 2.27. The number of halogens is 1. The fourth-order valence-corrected chi connectivity index (χ4v) is 3.17. The zero-order chi connectivity index (χ0) is 16.3. The van der Waals surface area contributed by atoms with E-state index in [2.05, 4.69) is 29.2 Å². The molecule has 1 saturated heterocycles. The fourth-order valence-electron chi connectivity index (χ4n) is 2.93. The summed E-state index contributed by atoms with van der Waals surface area (Å²) in [4.78, 5) is 15.5. The second-order valence-electron chi connectivity index (χ2n) is 6.14. The molecule has 5 nitrogen and oxygen atoms in total. The molecule has 1 aromatic rings. The Morgan fingerprint density at radius 1 is 1.41 bits per heavy atom. The van der Waals surface area contributed by atoms with Crippen molar-refractivity contribution in [3.63, 3.8) is 0 Å². The Morgan fingerprint density at radius 3 is 2.59 bits per heavy atom. The summed E-state index contributed by atoms with van der Waals surface area (Å²) < 4.78 is 0. The van der Waals surface area contributed by atoms with Crippen LogP contribution >= 0.6 is 11.6 Å². The number of piperidine rings is 1. The summed E-state index contributed by atoms with van der Waals surface area (Å²) >= 11 is 6.23. The predicted octanol–water partition coefficient (Wildman–Crippen LogP) is 3.26. The second kappa shape index (κ2) is 7.31. The fraction of sp³-hybridized carbons (Fsp3) is 0.562. The van der Waals surface area contributed by atoms with Gasteiger partial charge in [0.2, 0.25) is 0 Å². The van der Waals surface area contributed by atoms with Gasteiger partial charge in [0.1, 0.15) is 0 Å². The Bertz CT molecular complexity index is 540. The van der Waals surface area contributed by atoms with E-state index in [1.165, 1.54) is 0 Å². The van der Waals surface area contributed by atoms with Crippen LogP contribution in [0.2, 0.25) is 5.02 Å². The molecule has 0 spiro atoms. The van der Waals surface area contributed by atoms with Crippen LogP contribution in [0.3, 0.4) is 0 Å². The molecule has 1 heterocycles. The van der Waals surface area contributed by atoms with Crippen LogP contribution in [0.15, 0.2) is 12.1 Å². The van der Waals surface area contributed by atoms with Crippen molar-refractivity contribution >= 4 is 23.4 Å². The van der Waals surface area contributed by atoms with Crippen molar-refractivity contribution in [2.24, 2.45) is 0 Å². The van der Waals surface area contributed by atoms with Gasteiger partial charge >= 0.3 is 6.09 Å². The van der Waals surface area contributed by atoms with Crippen LogP contribution in [-0.4, -0.2) is 54.2 Å². The summed E-state index contributed by atoms with van der Waals surface area (Å²) in [6, 6.07) is 4.20. The summed E-state index contributed by atoms with van der Waals surface area (Å²) in [6.45, 7) is 4.89. The minimum Gasteiger partial charge on any atom is -0.465 e. The van der Waals surface area contributed by atoms with E-state index in [9.17, 15) is 4.79 Å². The van der Waals surface area contributed by atoms with E-state index in [-0.39, 0.29) is 0 Å². The van der Waals surface area contributed by atoms with Crippen LogP contribution in [0.1, 0.15) is 24.0 Å². The summed E-state index contributed by atoms with van der Waals surface area (Å²) in [6.07, 6.45) is 1.25. The molecule has 1 fully saturated rings. The van der Waals surface area contributed by atoms with Gasteiger partial charge in [0.15, 0.2) is 0 Å². The lowest BCUT2D eigenvalue weighted by Gasteiger charge is -2.35. The molecule has 1 aliphatic heterocycles. The molecule has 2 rings (SSSR count). The van der Waals surface area contributed by atoms with E-state index in [1.54, 1.807) is 6.07 Å². The van der Waals surface area contributed by atoms with Gasteiger partial charge in [-0.1, -0.05) is 11.6 Å². The Hall–Kier alpha value is -1.30. The molecule has 0 aliphatic carbocycles. The van der Waals surface area contributed by atoms with Crippen molar-refractivity contribution in [3.05, 3.63) is 28.3 Å².